The number of nitro groups is 1. The van der Waals surface area contributed by atoms with E-state index < -0.39 is 10.8 Å². The summed E-state index contributed by atoms with van der Waals surface area (Å²) < 4.78 is 5.13. The van der Waals surface area contributed by atoms with E-state index in [1.807, 2.05) is 0 Å². The Kier molecular flexibility index (Phi) is 5.24. The number of benzene rings is 2. The van der Waals surface area contributed by atoms with Crippen molar-refractivity contribution in [2.75, 3.05) is 17.3 Å². The molecule has 0 spiro atoms. The van der Waals surface area contributed by atoms with Gasteiger partial charge in [0.05, 0.1) is 41.3 Å². The molecular weight excluding hydrogens is 438 g/mol. The summed E-state index contributed by atoms with van der Waals surface area (Å²) in [4.78, 5) is 50.1. The minimum Gasteiger partial charge on any atom is -0.494 e. The van der Waals surface area contributed by atoms with E-state index in [1.165, 1.54) is 36.3 Å². The van der Waals surface area contributed by atoms with Gasteiger partial charge in [-0.2, -0.15) is 0 Å². The van der Waals surface area contributed by atoms with E-state index in [4.69, 9.17) is 4.74 Å². The summed E-state index contributed by atoms with van der Waals surface area (Å²) in [6.07, 6.45) is 7.84. The van der Waals surface area contributed by atoms with Crippen molar-refractivity contribution in [2.24, 2.45) is 23.7 Å². The Balaban J connectivity index is 1.31. The van der Waals surface area contributed by atoms with Gasteiger partial charge in [-0.25, -0.2) is 4.90 Å². The molecular formula is C25H21N3O6. The number of amides is 3. The number of hydrogen-bond acceptors (Lipinski definition) is 6. The Bertz CT molecular complexity index is 1250. The summed E-state index contributed by atoms with van der Waals surface area (Å²) in [6, 6.07) is 10.8. The van der Waals surface area contributed by atoms with Crippen LogP contribution in [0.15, 0.2) is 60.7 Å². The first-order chi connectivity index (χ1) is 16.4. The molecule has 4 atom stereocenters. The van der Waals surface area contributed by atoms with E-state index in [-0.39, 0.29) is 46.9 Å². The van der Waals surface area contributed by atoms with Gasteiger partial charge in [-0.15, -0.1) is 0 Å². The number of nitrogens with one attached hydrogen (secondary N) is 1. The topological polar surface area (TPSA) is 119 Å². The quantitative estimate of drug-likeness (QED) is 0.232. The summed E-state index contributed by atoms with van der Waals surface area (Å²) >= 11 is 0. The number of carbonyl (C=O) groups is 3. The van der Waals surface area contributed by atoms with Gasteiger partial charge in [-0.1, -0.05) is 24.3 Å². The zero-order chi connectivity index (χ0) is 24.0. The number of imide groups is 1. The molecule has 0 aromatic heterocycles. The number of rotatable bonds is 6. The largest absolute Gasteiger partial charge is 0.494 e. The first-order valence-electron chi connectivity index (χ1n) is 10.8. The molecule has 1 N–H and O–H groups in total. The van der Waals surface area contributed by atoms with Crippen LogP contribution in [0.1, 0.15) is 12.0 Å². The normalized spacial score (nSPS) is 24.7. The van der Waals surface area contributed by atoms with Gasteiger partial charge in [0.2, 0.25) is 17.7 Å². The predicted octanol–water partition coefficient (Wildman–Crippen LogP) is 3.57. The molecule has 2 aromatic rings. The minimum absolute atomic E-state index is 0.139. The van der Waals surface area contributed by atoms with Crippen LogP contribution in [0.5, 0.6) is 5.75 Å². The van der Waals surface area contributed by atoms with Gasteiger partial charge in [-0.05, 0) is 48.1 Å². The van der Waals surface area contributed by atoms with E-state index >= 15 is 0 Å². The third kappa shape index (κ3) is 3.55. The fraction of sp³-hybridized carbons (Fsp3) is 0.240. The Labute approximate surface area is 194 Å². The summed E-state index contributed by atoms with van der Waals surface area (Å²) in [6.45, 7) is 0. The van der Waals surface area contributed by atoms with Gasteiger partial charge in [0.1, 0.15) is 5.75 Å². The Morgan fingerprint density at radius 2 is 1.82 bits per heavy atom. The molecule has 1 aliphatic heterocycles. The maximum atomic E-state index is 13.0. The molecule has 9 nitrogen and oxygen atoms in total. The van der Waals surface area contributed by atoms with Crippen molar-refractivity contribution in [1.82, 2.24) is 0 Å². The maximum Gasteiger partial charge on any atom is 0.273 e. The molecule has 0 radical (unpaired) electrons. The molecule has 2 aromatic carbocycles. The third-order valence-corrected chi connectivity index (χ3v) is 6.68. The lowest BCUT2D eigenvalue weighted by molar-refractivity contribution is -0.384. The van der Waals surface area contributed by atoms with Crippen LogP contribution in [0.3, 0.4) is 0 Å². The predicted molar refractivity (Wildman–Crippen MR) is 124 cm³/mol. The molecule has 5 rings (SSSR count). The van der Waals surface area contributed by atoms with E-state index in [0.717, 1.165) is 6.42 Å². The third-order valence-electron chi connectivity index (χ3n) is 6.68. The summed E-state index contributed by atoms with van der Waals surface area (Å²) in [7, 11) is 1.35. The SMILES string of the molecule is COc1cc([N+](=O)[O-])ccc1NC(=O)/C=C/c1cccc(N2C(=O)[C@@H]3[C@@H](C2=O)[C@H]2C=C[C@@H]3C2)c1. The minimum atomic E-state index is -0.550. The van der Waals surface area contributed by atoms with Gasteiger partial charge in [0.15, 0.2) is 0 Å². The van der Waals surface area contributed by atoms with Crippen LogP contribution in [-0.4, -0.2) is 29.8 Å². The second kappa shape index (κ2) is 8.26. The van der Waals surface area contributed by atoms with E-state index in [2.05, 4.69) is 17.5 Å². The number of nitro benzene ring substituents is 1. The van der Waals surface area contributed by atoms with Crippen molar-refractivity contribution >= 4 is 40.9 Å². The number of methoxy groups -OCH3 is 1. The maximum absolute atomic E-state index is 13.0. The molecule has 2 fully saturated rings. The smallest absolute Gasteiger partial charge is 0.273 e. The summed E-state index contributed by atoms with van der Waals surface area (Å²) in [5, 5.41) is 13.5. The van der Waals surface area contributed by atoms with Crippen molar-refractivity contribution in [1.29, 1.82) is 0 Å². The molecule has 0 unspecified atom stereocenters. The standard InChI is InChI=1S/C25H21N3O6/c1-34-20-13-18(28(32)33)8-9-19(20)26-21(29)10-5-14-3-2-4-17(11-14)27-24(30)22-15-6-7-16(12-15)23(22)25(27)31/h2-11,13,15-16,22-23H,12H2,1H3,(H,26,29)/b10-5+/t15-,16+,22-,23-/m0/s1. The van der Waals surface area contributed by atoms with E-state index in [9.17, 15) is 24.5 Å². The van der Waals surface area contributed by atoms with Crippen LogP contribution in [0, 0.1) is 33.8 Å². The highest BCUT2D eigenvalue weighted by Gasteiger charge is 2.59. The van der Waals surface area contributed by atoms with Crippen molar-refractivity contribution in [2.45, 2.75) is 6.42 Å². The van der Waals surface area contributed by atoms with Crippen LogP contribution in [-0.2, 0) is 14.4 Å². The van der Waals surface area contributed by atoms with Crippen LogP contribution in [0.2, 0.25) is 0 Å². The number of allylic oxidation sites excluding steroid dienone is 2. The molecule has 3 aliphatic rings. The zero-order valence-electron chi connectivity index (χ0n) is 18.2. The monoisotopic (exact) mass is 459 g/mol. The van der Waals surface area contributed by atoms with Crippen molar-refractivity contribution in [3.05, 3.63) is 76.4 Å². The van der Waals surface area contributed by atoms with Gasteiger partial charge >= 0.3 is 0 Å². The van der Waals surface area contributed by atoms with Gasteiger partial charge in [0, 0.05) is 12.1 Å². The Hall–Kier alpha value is -4.27. The first kappa shape index (κ1) is 21.6. The molecule has 34 heavy (non-hydrogen) atoms. The second-order valence-corrected chi connectivity index (χ2v) is 8.57. The highest BCUT2D eigenvalue weighted by molar-refractivity contribution is 6.23. The Morgan fingerprint density at radius 1 is 1.12 bits per heavy atom. The van der Waals surface area contributed by atoms with Gasteiger partial charge in [0.25, 0.3) is 5.69 Å². The first-order valence-corrected chi connectivity index (χ1v) is 10.8. The van der Waals surface area contributed by atoms with Gasteiger partial charge < -0.3 is 10.1 Å². The molecule has 2 aliphatic carbocycles. The highest BCUT2D eigenvalue weighted by atomic mass is 16.6. The lowest BCUT2D eigenvalue weighted by Crippen LogP contribution is -2.32. The zero-order valence-corrected chi connectivity index (χ0v) is 18.2. The number of fused-ring (bicyclic) bond motifs is 5. The van der Waals surface area contributed by atoms with Crippen molar-refractivity contribution in [3.8, 4) is 5.75 Å². The van der Waals surface area contributed by atoms with Crippen LogP contribution >= 0.6 is 0 Å². The molecule has 172 valence electrons. The molecule has 9 heteroatoms. The molecule has 2 bridgehead atoms. The van der Waals surface area contributed by atoms with Gasteiger partial charge in [-0.3, -0.25) is 24.5 Å². The Morgan fingerprint density at radius 3 is 2.47 bits per heavy atom. The molecule has 3 amide bonds. The summed E-state index contributed by atoms with van der Waals surface area (Å²) in [5.41, 5.74) is 1.27. The average Bonchev–Trinajstić information content (AvgIpc) is 3.51. The van der Waals surface area contributed by atoms with Crippen LogP contribution in [0.25, 0.3) is 6.08 Å². The fourth-order valence-corrected chi connectivity index (χ4v) is 5.17. The lowest BCUT2D eigenvalue weighted by atomic mass is 9.85. The summed E-state index contributed by atoms with van der Waals surface area (Å²) in [5.74, 6) is -0.888. The number of ether oxygens (including phenoxy) is 1. The molecule has 1 heterocycles. The van der Waals surface area contributed by atoms with Crippen molar-refractivity contribution < 1.29 is 24.0 Å². The lowest BCUT2D eigenvalue weighted by Gasteiger charge is -2.17. The number of nitrogens with zero attached hydrogens (tertiary/aromatic N) is 2. The fourth-order valence-electron chi connectivity index (χ4n) is 5.17. The number of non-ortho nitro benzene ring substituents is 1. The average molecular weight is 459 g/mol. The van der Waals surface area contributed by atoms with Crippen molar-refractivity contribution in [3.63, 3.8) is 0 Å². The highest BCUT2D eigenvalue weighted by Crippen LogP contribution is 2.53. The number of hydrogen-bond donors (Lipinski definition) is 1. The molecule has 1 saturated heterocycles. The second-order valence-electron chi connectivity index (χ2n) is 8.57. The van der Waals surface area contributed by atoms with E-state index in [0.29, 0.717) is 16.9 Å². The van der Waals surface area contributed by atoms with E-state index in [1.54, 1.807) is 30.3 Å². The molecule has 1 saturated carbocycles. The van der Waals surface area contributed by atoms with Crippen LogP contribution in [0.4, 0.5) is 17.1 Å². The van der Waals surface area contributed by atoms with Crippen LogP contribution < -0.4 is 15.0 Å². The number of anilines is 2. The number of carbonyl (C=O) groups excluding carboxylic acids is 3.